The van der Waals surface area contributed by atoms with Gasteiger partial charge in [-0.3, -0.25) is 9.78 Å². The summed E-state index contributed by atoms with van der Waals surface area (Å²) in [7, 11) is 1.65. The first kappa shape index (κ1) is 19.7. The highest BCUT2D eigenvalue weighted by atomic mass is 16.5. The maximum absolute atomic E-state index is 12.8. The Morgan fingerprint density at radius 3 is 2.63 bits per heavy atom. The fourth-order valence-electron chi connectivity index (χ4n) is 3.76. The van der Waals surface area contributed by atoms with Gasteiger partial charge in [-0.2, -0.15) is 0 Å². The molecule has 0 saturated heterocycles. The molecule has 0 fully saturated rings. The van der Waals surface area contributed by atoms with Crippen molar-refractivity contribution in [2.24, 2.45) is 0 Å². The number of nitrogens with one attached hydrogen (secondary N) is 2. The normalized spacial score (nSPS) is 11.9. The molecule has 5 heteroatoms. The van der Waals surface area contributed by atoms with E-state index >= 15 is 0 Å². The molecule has 2 aromatic heterocycles. The van der Waals surface area contributed by atoms with E-state index in [4.69, 9.17) is 4.74 Å². The highest BCUT2D eigenvalue weighted by Gasteiger charge is 2.21. The molecule has 30 heavy (non-hydrogen) atoms. The summed E-state index contributed by atoms with van der Waals surface area (Å²) < 4.78 is 5.29. The Hall–Kier alpha value is -3.60. The van der Waals surface area contributed by atoms with Crippen LogP contribution in [0.25, 0.3) is 10.9 Å². The number of aromatic nitrogens is 2. The summed E-state index contributed by atoms with van der Waals surface area (Å²) in [4.78, 5) is 20.4. The third kappa shape index (κ3) is 4.51. The van der Waals surface area contributed by atoms with Crippen molar-refractivity contribution in [3.63, 3.8) is 0 Å². The van der Waals surface area contributed by atoms with E-state index in [0.717, 1.165) is 33.5 Å². The minimum absolute atomic E-state index is 0.0250. The molecule has 0 unspecified atom stereocenters. The van der Waals surface area contributed by atoms with Crippen LogP contribution >= 0.6 is 0 Å². The number of benzene rings is 2. The van der Waals surface area contributed by atoms with Crippen LogP contribution in [0.2, 0.25) is 0 Å². The number of carbonyl (C=O) groups is 1. The number of hydrogen-bond acceptors (Lipinski definition) is 3. The van der Waals surface area contributed by atoms with Gasteiger partial charge >= 0.3 is 0 Å². The van der Waals surface area contributed by atoms with E-state index in [-0.39, 0.29) is 11.8 Å². The largest absolute Gasteiger partial charge is 0.497 e. The molecule has 0 aliphatic carbocycles. The maximum Gasteiger partial charge on any atom is 0.220 e. The van der Waals surface area contributed by atoms with Gasteiger partial charge in [-0.15, -0.1) is 0 Å². The Kier molecular flexibility index (Phi) is 6.09. The van der Waals surface area contributed by atoms with Crippen LogP contribution in [-0.2, 0) is 11.2 Å². The van der Waals surface area contributed by atoms with Crippen molar-refractivity contribution in [3.8, 4) is 5.75 Å². The number of ether oxygens (including phenoxy) is 1. The third-order valence-electron chi connectivity index (χ3n) is 5.33. The van der Waals surface area contributed by atoms with E-state index < -0.39 is 0 Å². The number of para-hydroxylation sites is 1. The van der Waals surface area contributed by atoms with Crippen LogP contribution in [0.1, 0.15) is 29.2 Å². The lowest BCUT2D eigenvalue weighted by atomic mass is 9.88. The predicted molar refractivity (Wildman–Crippen MR) is 119 cm³/mol. The van der Waals surface area contributed by atoms with Crippen LogP contribution in [0.4, 0.5) is 0 Å². The number of fused-ring (bicyclic) bond motifs is 1. The molecular formula is C25H25N3O2. The van der Waals surface area contributed by atoms with Crippen molar-refractivity contribution in [2.45, 2.75) is 18.8 Å². The molecule has 4 rings (SSSR count). The summed E-state index contributed by atoms with van der Waals surface area (Å²) >= 11 is 0. The molecule has 0 aliphatic heterocycles. The zero-order valence-electron chi connectivity index (χ0n) is 17.0. The smallest absolute Gasteiger partial charge is 0.220 e. The summed E-state index contributed by atoms with van der Waals surface area (Å²) in [6.45, 7) is 0.569. The molecule has 1 atom stereocenters. The van der Waals surface area contributed by atoms with Crippen LogP contribution in [0.5, 0.6) is 5.75 Å². The highest BCUT2D eigenvalue weighted by molar-refractivity contribution is 5.86. The number of rotatable bonds is 8. The summed E-state index contributed by atoms with van der Waals surface area (Å²) in [6, 6.07) is 22.0. The molecular weight excluding hydrogens is 374 g/mol. The number of nitrogens with zero attached hydrogens (tertiary/aromatic N) is 1. The van der Waals surface area contributed by atoms with Crippen LogP contribution in [0.3, 0.4) is 0 Å². The lowest BCUT2D eigenvalue weighted by Crippen LogP contribution is -2.27. The standard InChI is InChI=1S/C25H25N3O2/c1-30-20-11-9-18(10-12-20)22(23-17-28-24-8-3-2-7-21(23)24)16-25(29)27-15-13-19-6-4-5-14-26-19/h2-12,14,17,22,28H,13,15-16H2,1H3,(H,27,29)/t22-/m0/s1. The second-order valence-corrected chi connectivity index (χ2v) is 7.24. The van der Waals surface area contributed by atoms with Gasteiger partial charge in [-0.25, -0.2) is 0 Å². The SMILES string of the molecule is COc1ccc([C@H](CC(=O)NCCc2ccccn2)c2c[nH]c3ccccc23)cc1. The molecule has 0 aliphatic rings. The Bertz CT molecular complexity index is 1100. The van der Waals surface area contributed by atoms with E-state index in [0.29, 0.717) is 19.4 Å². The third-order valence-corrected chi connectivity index (χ3v) is 5.33. The Labute approximate surface area is 176 Å². The molecule has 2 aromatic carbocycles. The zero-order chi connectivity index (χ0) is 20.8. The van der Waals surface area contributed by atoms with Crippen molar-refractivity contribution in [1.82, 2.24) is 15.3 Å². The van der Waals surface area contributed by atoms with Gasteiger partial charge in [0, 0.05) is 54.3 Å². The van der Waals surface area contributed by atoms with Crippen LogP contribution < -0.4 is 10.1 Å². The molecule has 2 N–H and O–H groups in total. The Morgan fingerprint density at radius 2 is 1.87 bits per heavy atom. The average Bonchev–Trinajstić information content (AvgIpc) is 3.22. The number of carbonyl (C=O) groups excluding carboxylic acids is 1. The number of H-pyrrole nitrogens is 1. The monoisotopic (exact) mass is 399 g/mol. The molecule has 0 radical (unpaired) electrons. The van der Waals surface area contributed by atoms with E-state index in [1.54, 1.807) is 13.3 Å². The minimum atomic E-state index is -0.0538. The van der Waals surface area contributed by atoms with Gasteiger partial charge < -0.3 is 15.0 Å². The van der Waals surface area contributed by atoms with E-state index in [1.165, 1.54) is 0 Å². The topological polar surface area (TPSA) is 67.0 Å². The number of hydrogen-bond donors (Lipinski definition) is 2. The number of amides is 1. The van der Waals surface area contributed by atoms with E-state index in [9.17, 15) is 4.79 Å². The van der Waals surface area contributed by atoms with Gasteiger partial charge in [-0.1, -0.05) is 36.4 Å². The number of aromatic amines is 1. The number of pyridine rings is 1. The summed E-state index contributed by atoms with van der Waals surface area (Å²) in [5, 5.41) is 4.19. The summed E-state index contributed by atoms with van der Waals surface area (Å²) in [5.41, 5.74) is 4.25. The summed E-state index contributed by atoms with van der Waals surface area (Å²) in [5.74, 6) is 0.773. The quantitative estimate of drug-likeness (QED) is 0.460. The molecule has 5 nitrogen and oxygen atoms in total. The molecule has 2 heterocycles. The van der Waals surface area contributed by atoms with Crippen LogP contribution in [0, 0.1) is 0 Å². The Balaban J connectivity index is 1.53. The lowest BCUT2D eigenvalue weighted by Gasteiger charge is -2.18. The minimum Gasteiger partial charge on any atom is -0.497 e. The molecule has 4 aromatic rings. The molecule has 0 saturated carbocycles. The lowest BCUT2D eigenvalue weighted by molar-refractivity contribution is -0.121. The average molecular weight is 399 g/mol. The number of methoxy groups -OCH3 is 1. The van der Waals surface area contributed by atoms with Gasteiger partial charge in [0.1, 0.15) is 5.75 Å². The summed E-state index contributed by atoms with van der Waals surface area (Å²) in [6.07, 6.45) is 4.87. The zero-order valence-corrected chi connectivity index (χ0v) is 17.0. The fourth-order valence-corrected chi connectivity index (χ4v) is 3.76. The van der Waals surface area contributed by atoms with Crippen molar-refractivity contribution in [3.05, 3.63) is 95.9 Å². The van der Waals surface area contributed by atoms with Gasteiger partial charge in [-0.05, 0) is 41.5 Å². The van der Waals surface area contributed by atoms with Gasteiger partial charge in [0.2, 0.25) is 5.91 Å². The predicted octanol–water partition coefficient (Wildman–Crippen LogP) is 4.45. The van der Waals surface area contributed by atoms with Crippen molar-refractivity contribution < 1.29 is 9.53 Å². The fraction of sp³-hybridized carbons (Fsp3) is 0.200. The molecule has 152 valence electrons. The van der Waals surface area contributed by atoms with E-state index in [1.807, 2.05) is 60.8 Å². The first-order valence-electron chi connectivity index (χ1n) is 10.1. The van der Waals surface area contributed by atoms with Gasteiger partial charge in [0.05, 0.1) is 7.11 Å². The van der Waals surface area contributed by atoms with Crippen LogP contribution in [0.15, 0.2) is 79.1 Å². The Morgan fingerprint density at radius 1 is 1.07 bits per heavy atom. The van der Waals surface area contributed by atoms with Crippen molar-refractivity contribution in [2.75, 3.05) is 13.7 Å². The molecule has 0 bridgehead atoms. The second-order valence-electron chi connectivity index (χ2n) is 7.24. The van der Waals surface area contributed by atoms with E-state index in [2.05, 4.69) is 27.4 Å². The van der Waals surface area contributed by atoms with Crippen LogP contribution in [-0.4, -0.2) is 29.5 Å². The van der Waals surface area contributed by atoms with Crippen molar-refractivity contribution >= 4 is 16.8 Å². The van der Waals surface area contributed by atoms with Crippen molar-refractivity contribution in [1.29, 1.82) is 0 Å². The first-order chi connectivity index (χ1) is 14.7. The highest BCUT2D eigenvalue weighted by Crippen LogP contribution is 2.34. The van der Waals surface area contributed by atoms with Gasteiger partial charge in [0.25, 0.3) is 0 Å². The first-order valence-corrected chi connectivity index (χ1v) is 10.1. The maximum atomic E-state index is 12.8. The second kappa shape index (κ2) is 9.27. The molecule has 1 amide bonds. The molecule has 0 spiro atoms. The van der Waals surface area contributed by atoms with Gasteiger partial charge in [0.15, 0.2) is 0 Å².